The third-order valence-electron chi connectivity index (χ3n) is 4.12. The Hall–Kier alpha value is -2.60. The van der Waals surface area contributed by atoms with Crippen molar-refractivity contribution in [2.75, 3.05) is 7.11 Å². The molecule has 0 bridgehead atoms. The van der Waals surface area contributed by atoms with E-state index in [9.17, 15) is 4.79 Å². The summed E-state index contributed by atoms with van der Waals surface area (Å²) in [6.07, 6.45) is 0. The first-order valence-electron chi connectivity index (χ1n) is 7.46. The molecule has 3 aromatic rings. The van der Waals surface area contributed by atoms with Crippen LogP contribution in [0.5, 0.6) is 5.75 Å². The van der Waals surface area contributed by atoms with Crippen molar-refractivity contribution in [1.29, 1.82) is 0 Å². The van der Waals surface area contributed by atoms with Gasteiger partial charge in [0.05, 0.1) is 18.8 Å². The van der Waals surface area contributed by atoms with Crippen LogP contribution >= 0.6 is 15.9 Å². The molecule has 6 heteroatoms. The van der Waals surface area contributed by atoms with Crippen LogP contribution in [0.2, 0.25) is 0 Å². The third kappa shape index (κ3) is 2.39. The zero-order valence-corrected chi connectivity index (χ0v) is 14.4. The van der Waals surface area contributed by atoms with Gasteiger partial charge in [0.1, 0.15) is 11.4 Å². The Morgan fingerprint density at radius 3 is 2.79 bits per heavy atom. The van der Waals surface area contributed by atoms with Crippen molar-refractivity contribution in [3.05, 3.63) is 69.8 Å². The topological polar surface area (TPSA) is 67.0 Å². The van der Waals surface area contributed by atoms with Gasteiger partial charge in [-0.25, -0.2) is 0 Å². The van der Waals surface area contributed by atoms with Gasteiger partial charge in [0.15, 0.2) is 0 Å². The van der Waals surface area contributed by atoms with Crippen LogP contribution < -0.4 is 10.1 Å². The number of hydrogen-bond acceptors (Lipinski definition) is 3. The van der Waals surface area contributed by atoms with Gasteiger partial charge in [-0.05, 0) is 29.8 Å². The molecule has 0 saturated carbocycles. The quantitative estimate of drug-likeness (QED) is 0.724. The van der Waals surface area contributed by atoms with E-state index in [0.29, 0.717) is 5.69 Å². The summed E-state index contributed by atoms with van der Waals surface area (Å²) in [7, 11) is 1.63. The van der Waals surface area contributed by atoms with Crippen LogP contribution in [0.15, 0.2) is 53.0 Å². The van der Waals surface area contributed by atoms with Crippen LogP contribution in [0, 0.1) is 0 Å². The van der Waals surface area contributed by atoms with Gasteiger partial charge in [0.25, 0.3) is 5.91 Å². The molecule has 0 radical (unpaired) electrons. The predicted octanol–water partition coefficient (Wildman–Crippen LogP) is 3.68. The van der Waals surface area contributed by atoms with Gasteiger partial charge in [0, 0.05) is 15.6 Å². The molecule has 0 unspecified atom stereocenters. The average molecular weight is 384 g/mol. The number of ether oxygens (including phenoxy) is 1. The highest BCUT2D eigenvalue weighted by Crippen LogP contribution is 2.38. The van der Waals surface area contributed by atoms with Crippen LogP contribution in [0.3, 0.4) is 0 Å². The summed E-state index contributed by atoms with van der Waals surface area (Å²) in [5, 5.41) is 10.3. The Morgan fingerprint density at radius 1 is 1.17 bits per heavy atom. The van der Waals surface area contributed by atoms with Crippen LogP contribution in [0.4, 0.5) is 0 Å². The van der Waals surface area contributed by atoms with E-state index < -0.39 is 0 Å². The van der Waals surface area contributed by atoms with Crippen molar-refractivity contribution in [3.8, 4) is 17.0 Å². The molecule has 1 atom stereocenters. The lowest BCUT2D eigenvalue weighted by atomic mass is 9.97. The summed E-state index contributed by atoms with van der Waals surface area (Å²) in [4.78, 5) is 12.3. The molecular formula is C18H14BrN3O2. The second kappa shape index (κ2) is 5.79. The maximum Gasteiger partial charge on any atom is 0.270 e. The molecule has 2 N–H and O–H groups in total. The van der Waals surface area contributed by atoms with Crippen molar-refractivity contribution in [3.63, 3.8) is 0 Å². The number of nitrogens with one attached hydrogen (secondary N) is 2. The first-order valence-corrected chi connectivity index (χ1v) is 8.25. The second-order valence-electron chi connectivity index (χ2n) is 5.55. The fourth-order valence-corrected chi connectivity index (χ4v) is 3.42. The summed E-state index contributed by atoms with van der Waals surface area (Å²) in [5.41, 5.74) is 4.04. The van der Waals surface area contributed by atoms with Crippen molar-refractivity contribution in [2.24, 2.45) is 0 Å². The number of rotatable bonds is 3. The van der Waals surface area contributed by atoms with Gasteiger partial charge in [-0.15, -0.1) is 0 Å². The number of benzene rings is 2. The molecule has 2 aromatic carbocycles. The minimum Gasteiger partial charge on any atom is -0.497 e. The Kier molecular flexibility index (Phi) is 3.61. The molecule has 1 aliphatic heterocycles. The minimum atomic E-state index is -0.232. The van der Waals surface area contributed by atoms with Crippen LogP contribution in [-0.4, -0.2) is 23.2 Å². The normalized spacial score (nSPS) is 15.9. The Balaban J connectivity index is 1.86. The molecule has 24 heavy (non-hydrogen) atoms. The second-order valence-corrected chi connectivity index (χ2v) is 6.47. The van der Waals surface area contributed by atoms with E-state index in [4.69, 9.17) is 4.74 Å². The first-order chi connectivity index (χ1) is 11.7. The maximum absolute atomic E-state index is 12.3. The Morgan fingerprint density at radius 2 is 2.00 bits per heavy atom. The van der Waals surface area contributed by atoms with Gasteiger partial charge in [0.2, 0.25) is 0 Å². The van der Waals surface area contributed by atoms with Crippen LogP contribution in [0.25, 0.3) is 11.3 Å². The van der Waals surface area contributed by atoms with Gasteiger partial charge in [-0.2, -0.15) is 5.10 Å². The number of aromatic amines is 1. The summed E-state index contributed by atoms with van der Waals surface area (Å²) in [6.45, 7) is 0. The van der Waals surface area contributed by atoms with Crippen molar-refractivity contribution >= 4 is 21.8 Å². The van der Waals surface area contributed by atoms with Crippen molar-refractivity contribution in [2.45, 2.75) is 6.04 Å². The molecule has 1 aliphatic rings. The molecule has 120 valence electrons. The lowest BCUT2D eigenvalue weighted by Crippen LogP contribution is -2.21. The number of amides is 1. The van der Waals surface area contributed by atoms with Gasteiger partial charge in [-0.3, -0.25) is 9.89 Å². The number of carbonyl (C=O) groups is 1. The maximum atomic E-state index is 12.3. The number of nitrogens with zero attached hydrogens (tertiary/aromatic N) is 1. The number of aromatic nitrogens is 2. The largest absolute Gasteiger partial charge is 0.497 e. The molecule has 5 nitrogen and oxygen atoms in total. The van der Waals surface area contributed by atoms with Gasteiger partial charge in [-0.1, -0.05) is 40.2 Å². The summed E-state index contributed by atoms with van der Waals surface area (Å²) < 4.78 is 6.26. The van der Waals surface area contributed by atoms with Crippen LogP contribution in [0.1, 0.15) is 27.7 Å². The Bertz CT molecular complexity index is 936. The summed E-state index contributed by atoms with van der Waals surface area (Å²) >= 11 is 3.48. The van der Waals surface area contributed by atoms with Gasteiger partial charge < -0.3 is 10.1 Å². The monoisotopic (exact) mass is 383 g/mol. The lowest BCUT2D eigenvalue weighted by Gasteiger charge is -2.14. The molecule has 2 heterocycles. The number of methoxy groups -OCH3 is 1. The number of fused-ring (bicyclic) bond motifs is 1. The average Bonchev–Trinajstić information content (AvgIpc) is 3.16. The number of carbonyl (C=O) groups excluding carboxylic acids is 1. The molecule has 0 aliphatic carbocycles. The van der Waals surface area contributed by atoms with Crippen molar-refractivity contribution < 1.29 is 9.53 Å². The molecule has 0 saturated heterocycles. The fourth-order valence-electron chi connectivity index (χ4n) is 3.01. The lowest BCUT2D eigenvalue weighted by molar-refractivity contribution is 0.0955. The third-order valence-corrected chi connectivity index (χ3v) is 4.61. The summed E-state index contributed by atoms with van der Waals surface area (Å²) in [6, 6.07) is 15.3. The molecule has 4 rings (SSSR count). The standard InChI is InChI=1S/C18H14BrN3O2/c1-24-13-7-3-5-11(9-13)16-14-15(10-4-2-6-12(19)8-10)20-18(23)17(14)22-21-16/h2-9,15H,1H3,(H,20,23)(H,21,22)/t15-/m1/s1. The highest BCUT2D eigenvalue weighted by atomic mass is 79.9. The Labute approximate surface area is 147 Å². The van der Waals surface area contributed by atoms with E-state index in [0.717, 1.165) is 32.6 Å². The fraction of sp³-hybridized carbons (Fsp3) is 0.111. The molecular weight excluding hydrogens is 370 g/mol. The first kappa shape index (κ1) is 15.0. The van der Waals surface area contributed by atoms with E-state index in [-0.39, 0.29) is 11.9 Å². The highest BCUT2D eigenvalue weighted by molar-refractivity contribution is 9.10. The zero-order chi connectivity index (χ0) is 16.7. The summed E-state index contributed by atoms with van der Waals surface area (Å²) in [5.74, 6) is 0.608. The zero-order valence-electron chi connectivity index (χ0n) is 12.8. The SMILES string of the molecule is COc1cccc(-c2n[nH]c3c2[C@@H](c2cccc(Br)c2)NC3=O)c1. The predicted molar refractivity (Wildman–Crippen MR) is 94.0 cm³/mol. The number of hydrogen-bond donors (Lipinski definition) is 2. The number of H-pyrrole nitrogens is 1. The molecule has 1 amide bonds. The van der Waals surface area contributed by atoms with E-state index in [2.05, 4.69) is 31.4 Å². The number of halogens is 1. The van der Waals surface area contributed by atoms with E-state index >= 15 is 0 Å². The van der Waals surface area contributed by atoms with E-state index in [1.807, 2.05) is 48.5 Å². The van der Waals surface area contributed by atoms with E-state index in [1.165, 1.54) is 0 Å². The minimum absolute atomic E-state index is 0.142. The van der Waals surface area contributed by atoms with Crippen LogP contribution in [-0.2, 0) is 0 Å². The van der Waals surface area contributed by atoms with Crippen molar-refractivity contribution in [1.82, 2.24) is 15.5 Å². The molecule has 0 spiro atoms. The smallest absolute Gasteiger partial charge is 0.270 e. The molecule has 0 fully saturated rings. The highest BCUT2D eigenvalue weighted by Gasteiger charge is 2.35. The van der Waals surface area contributed by atoms with Gasteiger partial charge >= 0.3 is 0 Å². The van der Waals surface area contributed by atoms with E-state index in [1.54, 1.807) is 7.11 Å². The molecule has 1 aromatic heterocycles.